The van der Waals surface area contributed by atoms with Gasteiger partial charge in [-0.05, 0) is 36.8 Å². The van der Waals surface area contributed by atoms with E-state index < -0.39 is 0 Å². The van der Waals surface area contributed by atoms with Crippen molar-refractivity contribution >= 4 is 5.91 Å². The number of phenols is 1. The molecule has 1 aromatic carbocycles. The summed E-state index contributed by atoms with van der Waals surface area (Å²) in [6.45, 7) is 2.16. The highest BCUT2D eigenvalue weighted by Gasteiger charge is 2.10. The molecule has 0 aliphatic rings. The predicted octanol–water partition coefficient (Wildman–Crippen LogP) is 2.22. The van der Waals surface area contributed by atoms with Gasteiger partial charge in [0.1, 0.15) is 11.5 Å². The first kappa shape index (κ1) is 11.3. The van der Waals surface area contributed by atoms with E-state index in [0.717, 1.165) is 5.56 Å². The largest absolute Gasteiger partial charge is 0.507 e. The normalized spacial score (nSPS) is 10.2. The number of carbonyl (C=O) groups excluding carboxylic acids is 1. The van der Waals surface area contributed by atoms with Crippen LogP contribution < -0.4 is 5.32 Å². The monoisotopic (exact) mass is 231 g/mol. The van der Waals surface area contributed by atoms with Gasteiger partial charge in [0.25, 0.3) is 5.91 Å². The molecule has 4 heteroatoms. The Morgan fingerprint density at radius 2 is 2.24 bits per heavy atom. The Hall–Kier alpha value is -2.23. The Morgan fingerprint density at radius 1 is 1.41 bits per heavy atom. The Morgan fingerprint density at radius 3 is 2.88 bits per heavy atom. The number of nitrogens with one attached hydrogen (secondary N) is 1. The molecule has 0 bridgehead atoms. The van der Waals surface area contributed by atoms with Crippen molar-refractivity contribution in [2.45, 2.75) is 13.5 Å². The van der Waals surface area contributed by atoms with Crippen molar-refractivity contribution < 1.29 is 14.3 Å². The van der Waals surface area contributed by atoms with Gasteiger partial charge in [0.05, 0.1) is 18.4 Å². The zero-order valence-corrected chi connectivity index (χ0v) is 9.43. The van der Waals surface area contributed by atoms with E-state index in [-0.39, 0.29) is 17.2 Å². The Kier molecular flexibility index (Phi) is 3.14. The molecule has 2 rings (SSSR count). The SMILES string of the molecule is Cc1ccc(C(=O)NCc2ccco2)c(O)c1. The molecule has 17 heavy (non-hydrogen) atoms. The van der Waals surface area contributed by atoms with Gasteiger partial charge >= 0.3 is 0 Å². The van der Waals surface area contributed by atoms with E-state index in [0.29, 0.717) is 12.3 Å². The van der Waals surface area contributed by atoms with Gasteiger partial charge in [-0.25, -0.2) is 0 Å². The van der Waals surface area contributed by atoms with Crippen LogP contribution in [0.2, 0.25) is 0 Å². The van der Waals surface area contributed by atoms with E-state index in [1.54, 1.807) is 36.6 Å². The number of aryl methyl sites for hydroxylation is 1. The molecule has 0 saturated carbocycles. The zero-order valence-electron chi connectivity index (χ0n) is 9.43. The second kappa shape index (κ2) is 4.74. The number of hydrogen-bond donors (Lipinski definition) is 2. The summed E-state index contributed by atoms with van der Waals surface area (Å²) >= 11 is 0. The average Bonchev–Trinajstić information content (AvgIpc) is 2.78. The van der Waals surface area contributed by atoms with Gasteiger partial charge in [0, 0.05) is 0 Å². The van der Waals surface area contributed by atoms with Crippen LogP contribution in [-0.4, -0.2) is 11.0 Å². The molecule has 0 fully saturated rings. The molecule has 0 aliphatic carbocycles. The topological polar surface area (TPSA) is 62.5 Å². The van der Waals surface area contributed by atoms with E-state index in [1.165, 1.54) is 0 Å². The van der Waals surface area contributed by atoms with Crippen molar-refractivity contribution in [2.24, 2.45) is 0 Å². The minimum atomic E-state index is -0.320. The van der Waals surface area contributed by atoms with Gasteiger partial charge in [-0.1, -0.05) is 6.07 Å². The van der Waals surface area contributed by atoms with E-state index in [1.807, 2.05) is 6.92 Å². The Bertz CT molecular complexity index is 517. The maximum atomic E-state index is 11.8. The fourth-order valence-corrected chi connectivity index (χ4v) is 1.51. The van der Waals surface area contributed by atoms with Crippen molar-refractivity contribution in [1.29, 1.82) is 0 Å². The molecule has 0 radical (unpaired) electrons. The van der Waals surface area contributed by atoms with Gasteiger partial charge in [-0.3, -0.25) is 4.79 Å². The van der Waals surface area contributed by atoms with Crippen LogP contribution in [0.5, 0.6) is 5.75 Å². The highest BCUT2D eigenvalue weighted by atomic mass is 16.3. The van der Waals surface area contributed by atoms with Crippen LogP contribution in [0.3, 0.4) is 0 Å². The molecule has 0 aliphatic heterocycles. The second-order valence-electron chi connectivity index (χ2n) is 3.78. The average molecular weight is 231 g/mol. The third-order valence-electron chi connectivity index (χ3n) is 2.40. The van der Waals surface area contributed by atoms with Gasteiger partial charge in [-0.15, -0.1) is 0 Å². The number of phenolic OH excluding ortho intramolecular Hbond substituents is 1. The summed E-state index contributed by atoms with van der Waals surface area (Å²) in [5, 5.41) is 12.3. The molecule has 2 aromatic rings. The number of amides is 1. The molecule has 88 valence electrons. The fraction of sp³-hybridized carbons (Fsp3) is 0.154. The molecule has 0 unspecified atom stereocenters. The second-order valence-corrected chi connectivity index (χ2v) is 3.78. The van der Waals surface area contributed by atoms with Crippen LogP contribution in [0.15, 0.2) is 41.0 Å². The highest BCUT2D eigenvalue weighted by molar-refractivity contribution is 5.96. The quantitative estimate of drug-likeness (QED) is 0.851. The maximum absolute atomic E-state index is 11.8. The number of aromatic hydroxyl groups is 1. The molecular weight excluding hydrogens is 218 g/mol. The molecule has 0 spiro atoms. The summed E-state index contributed by atoms with van der Waals surface area (Å²) in [7, 11) is 0. The molecule has 0 saturated heterocycles. The molecular formula is C13H13NO3. The van der Waals surface area contributed by atoms with Crippen LogP contribution in [-0.2, 0) is 6.54 Å². The van der Waals surface area contributed by atoms with Crippen LogP contribution in [0.25, 0.3) is 0 Å². The number of hydrogen-bond acceptors (Lipinski definition) is 3. The third kappa shape index (κ3) is 2.66. The van der Waals surface area contributed by atoms with Crippen LogP contribution in [0, 0.1) is 6.92 Å². The van der Waals surface area contributed by atoms with Crippen LogP contribution in [0.4, 0.5) is 0 Å². The van der Waals surface area contributed by atoms with Crippen molar-refractivity contribution in [3.05, 3.63) is 53.5 Å². The molecule has 1 heterocycles. The lowest BCUT2D eigenvalue weighted by Gasteiger charge is -2.06. The summed E-state index contributed by atoms with van der Waals surface area (Å²) in [5.74, 6) is 0.339. The van der Waals surface area contributed by atoms with Crippen LogP contribution in [0.1, 0.15) is 21.7 Å². The van der Waals surface area contributed by atoms with Crippen molar-refractivity contribution in [2.75, 3.05) is 0 Å². The fourth-order valence-electron chi connectivity index (χ4n) is 1.51. The van der Waals surface area contributed by atoms with E-state index >= 15 is 0 Å². The summed E-state index contributed by atoms with van der Waals surface area (Å²) in [6, 6.07) is 8.46. The number of carbonyl (C=O) groups is 1. The number of benzene rings is 1. The van der Waals surface area contributed by atoms with Gasteiger partial charge in [0.15, 0.2) is 0 Å². The number of rotatable bonds is 3. The lowest BCUT2D eigenvalue weighted by atomic mass is 10.1. The highest BCUT2D eigenvalue weighted by Crippen LogP contribution is 2.18. The lowest BCUT2D eigenvalue weighted by Crippen LogP contribution is -2.22. The van der Waals surface area contributed by atoms with E-state index in [4.69, 9.17) is 4.42 Å². The summed E-state index contributed by atoms with van der Waals surface area (Å²) < 4.78 is 5.09. The van der Waals surface area contributed by atoms with Gasteiger partial charge < -0.3 is 14.8 Å². The first-order valence-corrected chi connectivity index (χ1v) is 5.27. The maximum Gasteiger partial charge on any atom is 0.255 e. The minimum absolute atomic E-state index is 0.0121. The van der Waals surface area contributed by atoms with Gasteiger partial charge in [0.2, 0.25) is 0 Å². The molecule has 4 nitrogen and oxygen atoms in total. The third-order valence-corrected chi connectivity index (χ3v) is 2.40. The molecule has 1 aromatic heterocycles. The summed E-state index contributed by atoms with van der Waals surface area (Å²) in [4.78, 5) is 11.8. The minimum Gasteiger partial charge on any atom is -0.507 e. The van der Waals surface area contributed by atoms with E-state index in [9.17, 15) is 9.90 Å². The summed E-state index contributed by atoms with van der Waals surface area (Å²) in [5.41, 5.74) is 1.17. The molecule has 2 N–H and O–H groups in total. The Balaban J connectivity index is 2.04. The van der Waals surface area contributed by atoms with E-state index in [2.05, 4.69) is 5.32 Å². The standard InChI is InChI=1S/C13H13NO3/c1-9-4-5-11(12(15)7-9)13(16)14-8-10-3-2-6-17-10/h2-7,15H,8H2,1H3,(H,14,16). The first-order chi connectivity index (χ1) is 8.16. The number of furan rings is 1. The van der Waals surface area contributed by atoms with Crippen molar-refractivity contribution in [1.82, 2.24) is 5.32 Å². The lowest BCUT2D eigenvalue weighted by molar-refractivity contribution is 0.0945. The first-order valence-electron chi connectivity index (χ1n) is 5.27. The van der Waals surface area contributed by atoms with Crippen LogP contribution >= 0.6 is 0 Å². The molecule has 1 amide bonds. The predicted molar refractivity (Wildman–Crippen MR) is 62.7 cm³/mol. The molecule has 0 atom stereocenters. The smallest absolute Gasteiger partial charge is 0.255 e. The van der Waals surface area contributed by atoms with Crippen molar-refractivity contribution in [3.8, 4) is 5.75 Å². The van der Waals surface area contributed by atoms with Crippen molar-refractivity contribution in [3.63, 3.8) is 0 Å². The Labute approximate surface area is 98.9 Å². The van der Waals surface area contributed by atoms with Gasteiger partial charge in [-0.2, -0.15) is 0 Å². The zero-order chi connectivity index (χ0) is 12.3. The summed E-state index contributed by atoms with van der Waals surface area (Å²) in [6.07, 6.45) is 1.55.